The van der Waals surface area contributed by atoms with E-state index in [0.29, 0.717) is 16.8 Å². The van der Waals surface area contributed by atoms with E-state index in [-0.39, 0.29) is 11.5 Å². The van der Waals surface area contributed by atoms with Crippen molar-refractivity contribution in [3.63, 3.8) is 0 Å². The van der Waals surface area contributed by atoms with Gasteiger partial charge >= 0.3 is 0 Å². The molecular weight excluding hydrogens is 432 g/mol. The highest BCUT2D eigenvalue weighted by Crippen LogP contribution is 2.26. The molecule has 1 amide bonds. The van der Waals surface area contributed by atoms with Crippen molar-refractivity contribution in [1.29, 1.82) is 0 Å². The van der Waals surface area contributed by atoms with Crippen LogP contribution in [0.1, 0.15) is 34.3 Å². The van der Waals surface area contributed by atoms with Crippen LogP contribution >= 0.6 is 0 Å². The quantitative estimate of drug-likeness (QED) is 0.381. The van der Waals surface area contributed by atoms with Crippen LogP contribution in [-0.4, -0.2) is 28.9 Å². The van der Waals surface area contributed by atoms with Gasteiger partial charge in [-0.1, -0.05) is 12.1 Å². The Morgan fingerprint density at radius 3 is 2.50 bits per heavy atom. The molecular formula is C28H25F2N3O. The van der Waals surface area contributed by atoms with Gasteiger partial charge in [0.15, 0.2) is 0 Å². The molecule has 0 radical (unpaired) electrons. The van der Waals surface area contributed by atoms with E-state index in [0.717, 1.165) is 42.2 Å². The lowest BCUT2D eigenvalue weighted by Gasteiger charge is -2.15. The van der Waals surface area contributed by atoms with Gasteiger partial charge in [-0.3, -0.25) is 14.7 Å². The molecule has 0 saturated carbocycles. The van der Waals surface area contributed by atoms with Crippen LogP contribution in [0.15, 0.2) is 66.9 Å². The molecule has 1 N–H and O–H groups in total. The minimum Gasteiger partial charge on any atom is -0.322 e. The molecule has 0 atom stereocenters. The van der Waals surface area contributed by atoms with E-state index in [1.54, 1.807) is 24.3 Å². The molecule has 172 valence electrons. The van der Waals surface area contributed by atoms with Gasteiger partial charge in [0.25, 0.3) is 5.91 Å². The molecule has 4 nitrogen and oxygen atoms in total. The summed E-state index contributed by atoms with van der Waals surface area (Å²) in [6.45, 7) is 5.16. The number of carbonyl (C=O) groups excluding carboxylic acids is 1. The summed E-state index contributed by atoms with van der Waals surface area (Å²) in [5, 5.41) is 4.01. The Morgan fingerprint density at radius 2 is 1.76 bits per heavy atom. The summed E-state index contributed by atoms with van der Waals surface area (Å²) in [7, 11) is 0. The maximum absolute atomic E-state index is 14.1. The molecule has 0 unspecified atom stereocenters. The van der Waals surface area contributed by atoms with E-state index in [2.05, 4.69) is 21.3 Å². The molecule has 0 bridgehead atoms. The van der Waals surface area contributed by atoms with Crippen molar-refractivity contribution in [3.05, 3.63) is 95.2 Å². The van der Waals surface area contributed by atoms with Gasteiger partial charge in [0, 0.05) is 41.0 Å². The smallest absolute Gasteiger partial charge is 0.255 e. The molecule has 5 rings (SSSR count). The Balaban J connectivity index is 1.32. The number of pyridine rings is 1. The fourth-order valence-corrected chi connectivity index (χ4v) is 4.48. The first-order valence-electron chi connectivity index (χ1n) is 11.4. The summed E-state index contributed by atoms with van der Waals surface area (Å²) in [5.74, 6) is -1.53. The van der Waals surface area contributed by atoms with Crippen molar-refractivity contribution in [2.75, 3.05) is 18.4 Å². The van der Waals surface area contributed by atoms with E-state index < -0.39 is 11.6 Å². The van der Waals surface area contributed by atoms with Crippen LogP contribution < -0.4 is 5.32 Å². The molecule has 1 aromatic heterocycles. The van der Waals surface area contributed by atoms with Crippen LogP contribution in [0.4, 0.5) is 14.5 Å². The molecule has 0 spiro atoms. The number of anilines is 1. The van der Waals surface area contributed by atoms with Gasteiger partial charge in [0.1, 0.15) is 11.6 Å². The summed E-state index contributed by atoms with van der Waals surface area (Å²) in [6.07, 6.45) is 4.43. The zero-order chi connectivity index (χ0) is 23.7. The highest BCUT2D eigenvalue weighted by molar-refractivity contribution is 6.05. The lowest BCUT2D eigenvalue weighted by atomic mass is 10.0. The van der Waals surface area contributed by atoms with Crippen molar-refractivity contribution >= 4 is 22.5 Å². The number of aryl methyl sites for hydroxylation is 1. The number of amides is 1. The van der Waals surface area contributed by atoms with Crippen molar-refractivity contribution in [3.8, 4) is 11.1 Å². The van der Waals surface area contributed by atoms with Gasteiger partial charge in [0.05, 0.1) is 5.52 Å². The number of fused-ring (bicyclic) bond motifs is 1. The second kappa shape index (κ2) is 9.31. The number of nitrogens with one attached hydrogen (secondary N) is 1. The Morgan fingerprint density at radius 1 is 1.00 bits per heavy atom. The monoisotopic (exact) mass is 457 g/mol. The summed E-state index contributed by atoms with van der Waals surface area (Å²) >= 11 is 0. The van der Waals surface area contributed by atoms with Crippen molar-refractivity contribution < 1.29 is 13.6 Å². The lowest BCUT2D eigenvalue weighted by molar-refractivity contribution is 0.102. The highest BCUT2D eigenvalue weighted by atomic mass is 19.1. The third-order valence-electron chi connectivity index (χ3n) is 6.33. The molecule has 1 aliphatic heterocycles. The fraction of sp³-hybridized carbons (Fsp3) is 0.214. The van der Waals surface area contributed by atoms with E-state index >= 15 is 0 Å². The van der Waals surface area contributed by atoms with Crippen molar-refractivity contribution in [2.24, 2.45) is 0 Å². The third-order valence-corrected chi connectivity index (χ3v) is 6.33. The Kier molecular flexibility index (Phi) is 6.07. The average Bonchev–Trinajstić information content (AvgIpc) is 3.33. The van der Waals surface area contributed by atoms with Crippen LogP contribution in [0.3, 0.4) is 0 Å². The first-order chi connectivity index (χ1) is 16.5. The molecule has 3 aromatic carbocycles. The summed E-state index contributed by atoms with van der Waals surface area (Å²) in [5.41, 5.74) is 4.98. The number of halogens is 2. The summed E-state index contributed by atoms with van der Waals surface area (Å²) in [4.78, 5) is 19.9. The van der Waals surface area contributed by atoms with Gasteiger partial charge in [-0.05, 0) is 92.0 Å². The molecule has 34 heavy (non-hydrogen) atoms. The van der Waals surface area contributed by atoms with Gasteiger partial charge in [-0.2, -0.15) is 0 Å². The number of aromatic nitrogens is 1. The number of hydrogen-bond acceptors (Lipinski definition) is 3. The SMILES string of the molecule is Cc1cc2cc(CN3CCCC3)cnc2cc1NC(=O)c1ccc(-c2ccc(F)cc2F)cc1. The zero-order valence-corrected chi connectivity index (χ0v) is 18.9. The average molecular weight is 458 g/mol. The predicted octanol–water partition coefficient (Wildman–Crippen LogP) is 6.34. The number of benzene rings is 3. The third kappa shape index (κ3) is 4.68. The first-order valence-corrected chi connectivity index (χ1v) is 11.4. The first kappa shape index (κ1) is 22.2. The number of likely N-dealkylation sites (tertiary alicyclic amines) is 1. The number of rotatable bonds is 5. The normalized spacial score (nSPS) is 14.0. The Hall–Kier alpha value is -3.64. The minimum absolute atomic E-state index is 0.265. The molecule has 2 heterocycles. The largest absolute Gasteiger partial charge is 0.322 e. The lowest BCUT2D eigenvalue weighted by Crippen LogP contribution is -2.18. The molecule has 0 aliphatic carbocycles. The second-order valence-electron chi connectivity index (χ2n) is 8.84. The maximum Gasteiger partial charge on any atom is 0.255 e. The fourth-order valence-electron chi connectivity index (χ4n) is 4.48. The van der Waals surface area contributed by atoms with Gasteiger partial charge < -0.3 is 5.32 Å². The molecule has 4 aromatic rings. The van der Waals surface area contributed by atoms with E-state index in [9.17, 15) is 13.6 Å². The number of carbonyl (C=O) groups is 1. The maximum atomic E-state index is 14.1. The summed E-state index contributed by atoms with van der Waals surface area (Å²) < 4.78 is 27.2. The number of hydrogen-bond donors (Lipinski definition) is 1. The van der Waals surface area contributed by atoms with E-state index in [1.165, 1.54) is 30.5 Å². The van der Waals surface area contributed by atoms with Crippen molar-refractivity contribution in [1.82, 2.24) is 9.88 Å². The Labute approximate surface area is 197 Å². The van der Waals surface area contributed by atoms with Crippen LogP contribution in [0, 0.1) is 18.6 Å². The molecule has 1 aliphatic rings. The van der Waals surface area contributed by atoms with Crippen molar-refractivity contribution in [2.45, 2.75) is 26.3 Å². The topological polar surface area (TPSA) is 45.2 Å². The van der Waals surface area contributed by atoms with E-state index in [1.807, 2.05) is 25.3 Å². The zero-order valence-electron chi connectivity index (χ0n) is 18.9. The highest BCUT2D eigenvalue weighted by Gasteiger charge is 2.14. The van der Waals surface area contributed by atoms with Crippen LogP contribution in [-0.2, 0) is 6.54 Å². The van der Waals surface area contributed by atoms with Crippen LogP contribution in [0.25, 0.3) is 22.0 Å². The Bertz CT molecular complexity index is 1360. The predicted molar refractivity (Wildman–Crippen MR) is 131 cm³/mol. The molecule has 6 heteroatoms. The molecule has 1 fully saturated rings. The minimum atomic E-state index is -0.639. The van der Waals surface area contributed by atoms with Crippen LogP contribution in [0.2, 0.25) is 0 Å². The van der Waals surface area contributed by atoms with Gasteiger partial charge in [0.2, 0.25) is 0 Å². The standard InChI is InChI=1S/C28H25F2N3O/c1-18-12-22-13-19(17-33-10-2-3-11-33)16-31-27(22)15-26(18)32-28(34)21-6-4-20(5-7-21)24-9-8-23(29)14-25(24)30/h4-9,12-16H,2-3,10-11,17H2,1H3,(H,32,34). The number of nitrogens with zero attached hydrogens (tertiary/aromatic N) is 2. The second-order valence-corrected chi connectivity index (χ2v) is 8.84. The van der Waals surface area contributed by atoms with Crippen LogP contribution in [0.5, 0.6) is 0 Å². The molecule has 1 saturated heterocycles. The van der Waals surface area contributed by atoms with E-state index in [4.69, 9.17) is 0 Å². The van der Waals surface area contributed by atoms with Gasteiger partial charge in [-0.15, -0.1) is 0 Å². The van der Waals surface area contributed by atoms with Gasteiger partial charge in [-0.25, -0.2) is 8.78 Å². The summed E-state index contributed by atoms with van der Waals surface area (Å²) in [6, 6.07) is 16.1.